The van der Waals surface area contributed by atoms with E-state index in [0.717, 1.165) is 12.3 Å². The number of para-hydroxylation sites is 1. The number of halogens is 1. The molecule has 1 rings (SSSR count). The fourth-order valence-electron chi connectivity index (χ4n) is 1.24. The molecule has 0 aliphatic carbocycles. The maximum Gasteiger partial charge on any atom is 0.337 e. The molecule has 0 aromatic heterocycles. The number of nitrogens with one attached hydrogen (secondary N) is 1. The Bertz CT molecular complexity index is 527. The summed E-state index contributed by atoms with van der Waals surface area (Å²) in [6, 6.07) is 3.63. The molecular formula is C10H12FNO4S. The molecule has 5 nitrogen and oxygen atoms in total. The summed E-state index contributed by atoms with van der Waals surface area (Å²) in [5.41, 5.74) is -0.415. The predicted molar refractivity (Wildman–Crippen MR) is 61.6 cm³/mol. The minimum Gasteiger partial charge on any atom is -0.478 e. The number of sulfone groups is 1. The minimum absolute atomic E-state index is 0.0416. The van der Waals surface area contributed by atoms with Crippen molar-refractivity contribution in [2.45, 2.75) is 0 Å². The third kappa shape index (κ3) is 4.03. The third-order valence-electron chi connectivity index (χ3n) is 2.02. The van der Waals surface area contributed by atoms with Crippen LogP contribution in [0.25, 0.3) is 0 Å². The first kappa shape index (κ1) is 13.4. The van der Waals surface area contributed by atoms with Crippen LogP contribution < -0.4 is 5.32 Å². The van der Waals surface area contributed by atoms with Crippen molar-refractivity contribution in [3.05, 3.63) is 29.6 Å². The number of aromatic carboxylic acids is 1. The van der Waals surface area contributed by atoms with Crippen LogP contribution in [0.15, 0.2) is 18.2 Å². The molecule has 0 saturated carbocycles. The normalized spacial score (nSPS) is 11.2. The van der Waals surface area contributed by atoms with Gasteiger partial charge in [-0.1, -0.05) is 6.07 Å². The van der Waals surface area contributed by atoms with Crippen molar-refractivity contribution in [3.8, 4) is 0 Å². The largest absolute Gasteiger partial charge is 0.478 e. The second kappa shape index (κ2) is 5.13. The number of carboxylic acids is 1. The van der Waals surface area contributed by atoms with E-state index in [-0.39, 0.29) is 23.5 Å². The van der Waals surface area contributed by atoms with Crippen molar-refractivity contribution in [2.75, 3.05) is 23.9 Å². The van der Waals surface area contributed by atoms with Gasteiger partial charge in [0, 0.05) is 12.8 Å². The molecule has 0 unspecified atom stereocenters. The molecular weight excluding hydrogens is 249 g/mol. The molecule has 17 heavy (non-hydrogen) atoms. The maximum atomic E-state index is 13.4. The van der Waals surface area contributed by atoms with E-state index in [1.54, 1.807) is 0 Å². The van der Waals surface area contributed by atoms with Gasteiger partial charge in [0.15, 0.2) is 0 Å². The summed E-state index contributed by atoms with van der Waals surface area (Å²) in [6.45, 7) is -0.0416. The molecule has 2 N–H and O–H groups in total. The highest BCUT2D eigenvalue weighted by Crippen LogP contribution is 2.19. The highest BCUT2D eigenvalue weighted by Gasteiger charge is 2.14. The zero-order chi connectivity index (χ0) is 13.1. The lowest BCUT2D eigenvalue weighted by atomic mass is 10.1. The van der Waals surface area contributed by atoms with Crippen LogP contribution in [0.3, 0.4) is 0 Å². The van der Waals surface area contributed by atoms with Crippen molar-refractivity contribution >= 4 is 21.5 Å². The van der Waals surface area contributed by atoms with E-state index < -0.39 is 21.6 Å². The fraction of sp³-hybridized carbons (Fsp3) is 0.300. The van der Waals surface area contributed by atoms with E-state index in [2.05, 4.69) is 5.32 Å². The smallest absolute Gasteiger partial charge is 0.337 e. The number of rotatable bonds is 5. The Morgan fingerprint density at radius 2 is 2.12 bits per heavy atom. The molecule has 0 aliphatic heterocycles. The summed E-state index contributed by atoms with van der Waals surface area (Å²) >= 11 is 0. The first-order chi connectivity index (χ1) is 7.81. The molecule has 7 heteroatoms. The van der Waals surface area contributed by atoms with E-state index in [4.69, 9.17) is 5.11 Å². The van der Waals surface area contributed by atoms with Gasteiger partial charge in [0.1, 0.15) is 15.7 Å². The second-order valence-electron chi connectivity index (χ2n) is 3.52. The molecule has 0 bridgehead atoms. The SMILES string of the molecule is CS(=O)(=O)CCNc1c(F)cccc1C(=O)O. The zero-order valence-corrected chi connectivity index (χ0v) is 9.92. The van der Waals surface area contributed by atoms with Gasteiger partial charge in [-0.25, -0.2) is 17.6 Å². The highest BCUT2D eigenvalue weighted by molar-refractivity contribution is 7.90. The quantitative estimate of drug-likeness (QED) is 0.825. The van der Waals surface area contributed by atoms with Crippen molar-refractivity contribution in [1.29, 1.82) is 0 Å². The van der Waals surface area contributed by atoms with Gasteiger partial charge in [-0.3, -0.25) is 0 Å². The van der Waals surface area contributed by atoms with Crippen molar-refractivity contribution in [1.82, 2.24) is 0 Å². The average molecular weight is 261 g/mol. The highest BCUT2D eigenvalue weighted by atomic mass is 32.2. The number of carboxylic acid groups (broad SMARTS) is 1. The molecule has 1 aromatic rings. The van der Waals surface area contributed by atoms with E-state index in [1.165, 1.54) is 12.1 Å². The van der Waals surface area contributed by atoms with Crippen LogP contribution in [0.5, 0.6) is 0 Å². The third-order valence-corrected chi connectivity index (χ3v) is 2.96. The molecule has 0 spiro atoms. The van der Waals surface area contributed by atoms with Gasteiger partial charge in [-0.15, -0.1) is 0 Å². The first-order valence-electron chi connectivity index (χ1n) is 4.74. The lowest BCUT2D eigenvalue weighted by molar-refractivity contribution is 0.0697. The zero-order valence-electron chi connectivity index (χ0n) is 9.10. The van der Waals surface area contributed by atoms with Gasteiger partial charge in [-0.05, 0) is 12.1 Å². The summed E-state index contributed by atoms with van der Waals surface area (Å²) in [5, 5.41) is 11.3. The minimum atomic E-state index is -3.17. The van der Waals surface area contributed by atoms with E-state index >= 15 is 0 Å². The van der Waals surface area contributed by atoms with Gasteiger partial charge < -0.3 is 10.4 Å². The van der Waals surface area contributed by atoms with Crippen LogP contribution in [0.2, 0.25) is 0 Å². The number of anilines is 1. The van der Waals surface area contributed by atoms with Crippen molar-refractivity contribution in [3.63, 3.8) is 0 Å². The van der Waals surface area contributed by atoms with Gasteiger partial charge in [0.25, 0.3) is 0 Å². The van der Waals surface area contributed by atoms with Crippen LogP contribution in [-0.4, -0.2) is 38.0 Å². The van der Waals surface area contributed by atoms with Gasteiger partial charge in [-0.2, -0.15) is 0 Å². The van der Waals surface area contributed by atoms with E-state index in [1.807, 2.05) is 0 Å². The predicted octanol–water partition coefficient (Wildman–Crippen LogP) is 0.980. The molecule has 0 amide bonds. The maximum absolute atomic E-state index is 13.4. The standard InChI is InChI=1S/C10H12FNO4S/c1-17(15,16)6-5-12-9-7(10(13)14)3-2-4-8(9)11/h2-4,12H,5-6H2,1H3,(H,13,14). The average Bonchev–Trinajstić information content (AvgIpc) is 2.18. The van der Waals surface area contributed by atoms with Gasteiger partial charge in [0.2, 0.25) is 0 Å². The monoisotopic (exact) mass is 261 g/mol. The Balaban J connectivity index is 2.86. The summed E-state index contributed by atoms with van der Waals surface area (Å²) in [7, 11) is -3.17. The van der Waals surface area contributed by atoms with Crippen LogP contribution >= 0.6 is 0 Å². The molecule has 0 saturated heterocycles. The Hall–Kier alpha value is -1.63. The van der Waals surface area contributed by atoms with Gasteiger partial charge >= 0.3 is 5.97 Å². The molecule has 0 heterocycles. The topological polar surface area (TPSA) is 83.5 Å². The molecule has 0 aliphatic rings. The summed E-state index contributed by atoms with van der Waals surface area (Å²) in [5.74, 6) is -2.19. The van der Waals surface area contributed by atoms with Crippen LogP contribution in [-0.2, 0) is 9.84 Å². The Morgan fingerprint density at radius 1 is 1.47 bits per heavy atom. The number of carbonyl (C=O) groups is 1. The first-order valence-corrected chi connectivity index (χ1v) is 6.81. The number of benzene rings is 1. The summed E-state index contributed by atoms with van der Waals surface area (Å²) < 4.78 is 35.1. The molecule has 1 aromatic carbocycles. The Morgan fingerprint density at radius 3 is 2.65 bits per heavy atom. The van der Waals surface area contributed by atoms with Crippen LogP contribution in [0.1, 0.15) is 10.4 Å². The summed E-state index contributed by atoms with van der Waals surface area (Å²) in [4.78, 5) is 10.8. The molecule has 0 fully saturated rings. The van der Waals surface area contributed by atoms with Gasteiger partial charge in [0.05, 0.1) is 17.0 Å². The van der Waals surface area contributed by atoms with Crippen LogP contribution in [0, 0.1) is 5.82 Å². The second-order valence-corrected chi connectivity index (χ2v) is 5.78. The van der Waals surface area contributed by atoms with E-state index in [0.29, 0.717) is 0 Å². The lowest BCUT2D eigenvalue weighted by Gasteiger charge is -2.09. The number of hydrogen-bond donors (Lipinski definition) is 2. The van der Waals surface area contributed by atoms with Crippen molar-refractivity contribution in [2.24, 2.45) is 0 Å². The van der Waals surface area contributed by atoms with E-state index in [9.17, 15) is 17.6 Å². The summed E-state index contributed by atoms with van der Waals surface area (Å²) in [6.07, 6.45) is 1.05. The molecule has 0 radical (unpaired) electrons. The van der Waals surface area contributed by atoms with Crippen LogP contribution in [0.4, 0.5) is 10.1 Å². The lowest BCUT2D eigenvalue weighted by Crippen LogP contribution is -2.16. The fourth-order valence-corrected chi connectivity index (χ4v) is 1.72. The molecule has 94 valence electrons. The Kier molecular flexibility index (Phi) is 4.06. The Labute approximate surface area is 98.2 Å². The number of hydrogen-bond acceptors (Lipinski definition) is 4. The van der Waals surface area contributed by atoms with Crippen molar-refractivity contribution < 1.29 is 22.7 Å². The molecule has 0 atom stereocenters.